The average molecular weight is 200 g/mol. The van der Waals surface area contributed by atoms with Gasteiger partial charge >= 0.3 is 0 Å². The summed E-state index contributed by atoms with van der Waals surface area (Å²) in [5.41, 5.74) is 0.419. The number of thioether (sulfide) groups is 1. The van der Waals surface area contributed by atoms with Crippen molar-refractivity contribution in [2.45, 2.75) is 4.90 Å². The van der Waals surface area contributed by atoms with E-state index in [1.54, 1.807) is 6.26 Å². The van der Waals surface area contributed by atoms with Crippen LogP contribution >= 0.6 is 11.8 Å². The van der Waals surface area contributed by atoms with E-state index in [4.69, 9.17) is 4.74 Å². The molecule has 0 radical (unpaired) electrons. The highest BCUT2D eigenvalue weighted by Gasteiger charge is 2.09. The summed E-state index contributed by atoms with van der Waals surface area (Å²) in [5, 5.41) is 0. The molecule has 0 unspecified atom stereocenters. The molecule has 1 aromatic carbocycles. The minimum Gasteiger partial charge on any atom is -0.494 e. The summed E-state index contributed by atoms with van der Waals surface area (Å²) in [5.74, 6) is -0.311. The Hall–Kier alpha value is -1.03. The van der Waals surface area contributed by atoms with Gasteiger partial charge in [0.05, 0.1) is 7.11 Å². The summed E-state index contributed by atoms with van der Waals surface area (Å²) < 4.78 is 18.1. The molecule has 0 fully saturated rings. The van der Waals surface area contributed by atoms with Crippen molar-refractivity contribution in [2.24, 2.45) is 0 Å². The van der Waals surface area contributed by atoms with Crippen LogP contribution in [-0.4, -0.2) is 19.7 Å². The molecule has 0 saturated carbocycles. The van der Waals surface area contributed by atoms with Gasteiger partial charge in [-0.1, -0.05) is 0 Å². The summed E-state index contributed by atoms with van der Waals surface area (Å²) in [7, 11) is 1.37. The lowest BCUT2D eigenvalue weighted by Crippen LogP contribution is -1.93. The summed E-state index contributed by atoms with van der Waals surface area (Å²) in [6.07, 6.45) is 2.41. The number of aldehydes is 1. The van der Waals surface area contributed by atoms with Crippen molar-refractivity contribution in [1.82, 2.24) is 0 Å². The predicted molar refractivity (Wildman–Crippen MR) is 50.1 cm³/mol. The Balaban J connectivity index is 3.28. The quantitative estimate of drug-likeness (QED) is 0.553. The number of hydrogen-bond donors (Lipinski definition) is 0. The Morgan fingerprint density at radius 3 is 2.69 bits per heavy atom. The summed E-state index contributed by atoms with van der Waals surface area (Å²) in [4.78, 5) is 10.9. The van der Waals surface area contributed by atoms with Crippen molar-refractivity contribution >= 4 is 18.0 Å². The zero-order chi connectivity index (χ0) is 9.84. The molecule has 0 aromatic heterocycles. The maximum Gasteiger partial charge on any atom is 0.178 e. The molecule has 4 heteroatoms. The SMILES string of the molecule is COc1cc(C=O)cc(SC)c1F. The van der Waals surface area contributed by atoms with E-state index in [9.17, 15) is 9.18 Å². The van der Waals surface area contributed by atoms with Gasteiger partial charge in [-0.2, -0.15) is 0 Å². The molecular formula is C9H9FO2S. The normalized spacial score (nSPS) is 9.77. The predicted octanol–water partition coefficient (Wildman–Crippen LogP) is 2.37. The number of rotatable bonds is 3. The molecule has 0 saturated heterocycles. The highest BCUT2D eigenvalue weighted by molar-refractivity contribution is 7.98. The lowest BCUT2D eigenvalue weighted by atomic mass is 10.2. The van der Waals surface area contributed by atoms with Crippen LogP contribution in [0.15, 0.2) is 17.0 Å². The number of hydrogen-bond acceptors (Lipinski definition) is 3. The number of carbonyl (C=O) groups is 1. The third-order valence-electron chi connectivity index (χ3n) is 1.60. The Bertz CT molecular complexity index is 300. The average Bonchev–Trinajstić information content (AvgIpc) is 2.18. The first-order chi connectivity index (χ1) is 6.22. The molecule has 0 aliphatic rings. The number of methoxy groups -OCH3 is 1. The molecule has 0 spiro atoms. The molecule has 0 heterocycles. The minimum absolute atomic E-state index is 0.106. The fourth-order valence-corrected chi connectivity index (χ4v) is 1.49. The van der Waals surface area contributed by atoms with Crippen molar-refractivity contribution in [3.05, 3.63) is 23.5 Å². The van der Waals surface area contributed by atoms with E-state index >= 15 is 0 Å². The van der Waals surface area contributed by atoms with Crippen molar-refractivity contribution < 1.29 is 13.9 Å². The Morgan fingerprint density at radius 1 is 1.54 bits per heavy atom. The second-order valence-corrected chi connectivity index (χ2v) is 3.21. The largest absolute Gasteiger partial charge is 0.494 e. The van der Waals surface area contributed by atoms with Crippen molar-refractivity contribution in [1.29, 1.82) is 0 Å². The van der Waals surface area contributed by atoms with Crippen LogP contribution in [0.2, 0.25) is 0 Å². The smallest absolute Gasteiger partial charge is 0.178 e. The molecule has 0 aliphatic heterocycles. The van der Waals surface area contributed by atoms with Gasteiger partial charge in [0.1, 0.15) is 6.29 Å². The molecule has 1 rings (SSSR count). The maximum atomic E-state index is 13.3. The lowest BCUT2D eigenvalue weighted by molar-refractivity contribution is 0.112. The van der Waals surface area contributed by atoms with Gasteiger partial charge in [0.2, 0.25) is 0 Å². The second-order valence-electron chi connectivity index (χ2n) is 2.36. The van der Waals surface area contributed by atoms with Crippen LogP contribution in [0.5, 0.6) is 5.75 Å². The fourth-order valence-electron chi connectivity index (χ4n) is 0.958. The Morgan fingerprint density at radius 2 is 2.23 bits per heavy atom. The van der Waals surface area contributed by atoms with Crippen LogP contribution in [0.4, 0.5) is 4.39 Å². The molecule has 2 nitrogen and oxygen atoms in total. The van der Waals surface area contributed by atoms with E-state index in [-0.39, 0.29) is 5.75 Å². The van der Waals surface area contributed by atoms with Gasteiger partial charge in [0.25, 0.3) is 0 Å². The molecule has 70 valence electrons. The van der Waals surface area contributed by atoms with Crippen LogP contribution in [0.3, 0.4) is 0 Å². The zero-order valence-corrected chi connectivity index (χ0v) is 8.15. The van der Waals surface area contributed by atoms with E-state index in [1.165, 1.54) is 31.0 Å². The van der Waals surface area contributed by atoms with Crippen molar-refractivity contribution in [3.8, 4) is 5.75 Å². The highest BCUT2D eigenvalue weighted by atomic mass is 32.2. The van der Waals surface area contributed by atoms with E-state index in [0.29, 0.717) is 16.7 Å². The first-order valence-electron chi connectivity index (χ1n) is 3.59. The molecule has 0 bridgehead atoms. The van der Waals surface area contributed by atoms with Crippen LogP contribution < -0.4 is 4.74 Å². The molecule has 13 heavy (non-hydrogen) atoms. The van der Waals surface area contributed by atoms with Gasteiger partial charge < -0.3 is 4.74 Å². The molecule has 0 N–H and O–H groups in total. The Kier molecular flexibility index (Phi) is 3.31. The summed E-state index contributed by atoms with van der Waals surface area (Å²) in [6.45, 7) is 0. The summed E-state index contributed by atoms with van der Waals surface area (Å²) in [6, 6.07) is 2.87. The molecule has 0 atom stereocenters. The van der Waals surface area contributed by atoms with Gasteiger partial charge in [-0.05, 0) is 18.4 Å². The molecule has 1 aromatic rings. The second kappa shape index (κ2) is 4.28. The lowest BCUT2D eigenvalue weighted by Gasteiger charge is -2.06. The molecular weight excluding hydrogens is 191 g/mol. The van der Waals surface area contributed by atoms with Gasteiger partial charge in [-0.15, -0.1) is 11.8 Å². The first kappa shape index (κ1) is 10.1. The monoisotopic (exact) mass is 200 g/mol. The van der Waals surface area contributed by atoms with Gasteiger partial charge in [0.15, 0.2) is 11.6 Å². The van der Waals surface area contributed by atoms with Gasteiger partial charge in [-0.25, -0.2) is 4.39 Å². The fraction of sp³-hybridized carbons (Fsp3) is 0.222. The van der Waals surface area contributed by atoms with Gasteiger partial charge in [0, 0.05) is 10.5 Å². The number of halogens is 1. The number of ether oxygens (including phenoxy) is 1. The standard InChI is InChI=1S/C9H9FO2S/c1-12-7-3-6(5-11)4-8(13-2)9(7)10/h3-5H,1-2H3. The van der Waals surface area contributed by atoms with Crippen molar-refractivity contribution in [2.75, 3.05) is 13.4 Å². The third kappa shape index (κ3) is 2.01. The molecule has 0 aliphatic carbocycles. The van der Waals surface area contributed by atoms with Crippen LogP contribution in [0.1, 0.15) is 10.4 Å². The van der Waals surface area contributed by atoms with Crippen LogP contribution in [-0.2, 0) is 0 Å². The zero-order valence-electron chi connectivity index (χ0n) is 7.33. The van der Waals surface area contributed by atoms with Crippen LogP contribution in [0, 0.1) is 5.82 Å². The molecule has 0 amide bonds. The number of carbonyl (C=O) groups excluding carboxylic acids is 1. The number of benzene rings is 1. The maximum absolute atomic E-state index is 13.3. The van der Waals surface area contributed by atoms with E-state index < -0.39 is 5.82 Å². The van der Waals surface area contributed by atoms with E-state index in [0.717, 1.165) is 0 Å². The Labute approximate surface area is 80.1 Å². The van der Waals surface area contributed by atoms with E-state index in [1.807, 2.05) is 0 Å². The van der Waals surface area contributed by atoms with Crippen LogP contribution in [0.25, 0.3) is 0 Å². The van der Waals surface area contributed by atoms with Crippen molar-refractivity contribution in [3.63, 3.8) is 0 Å². The van der Waals surface area contributed by atoms with Gasteiger partial charge in [-0.3, -0.25) is 4.79 Å². The van der Waals surface area contributed by atoms with E-state index in [2.05, 4.69) is 0 Å². The highest BCUT2D eigenvalue weighted by Crippen LogP contribution is 2.28. The topological polar surface area (TPSA) is 26.3 Å². The minimum atomic E-state index is -0.416. The first-order valence-corrected chi connectivity index (χ1v) is 4.82. The summed E-state index contributed by atoms with van der Waals surface area (Å²) >= 11 is 1.24. The third-order valence-corrected chi connectivity index (χ3v) is 2.34.